The van der Waals surface area contributed by atoms with E-state index in [0.29, 0.717) is 0 Å². The molecular weight excluding hydrogens is 711 g/mol. The molecule has 0 radical (unpaired) electrons. The van der Waals surface area contributed by atoms with Gasteiger partial charge in [-0.15, -0.1) is 0 Å². The van der Waals surface area contributed by atoms with Gasteiger partial charge in [-0.1, -0.05) is 185 Å². The molecule has 0 saturated carbocycles. The first kappa shape index (κ1) is 35.2. The summed E-state index contributed by atoms with van der Waals surface area (Å²) in [5, 5.41) is 2.54. The lowest BCUT2D eigenvalue weighted by Crippen LogP contribution is -2.16. The second kappa shape index (κ2) is 13.3. The van der Waals surface area contributed by atoms with Crippen LogP contribution < -0.4 is 4.90 Å². The van der Waals surface area contributed by atoms with Gasteiger partial charge in [0.2, 0.25) is 0 Å². The van der Waals surface area contributed by atoms with Crippen LogP contribution in [0.5, 0.6) is 0 Å². The van der Waals surface area contributed by atoms with Crippen molar-refractivity contribution in [2.24, 2.45) is 0 Å². The van der Waals surface area contributed by atoms with Crippen LogP contribution in [0.3, 0.4) is 0 Å². The van der Waals surface area contributed by atoms with Crippen LogP contribution in [0, 0.1) is 0 Å². The monoisotopic (exact) mass is 755 g/mol. The van der Waals surface area contributed by atoms with Gasteiger partial charge in [-0.3, -0.25) is 0 Å². The van der Waals surface area contributed by atoms with Crippen molar-refractivity contribution < 1.29 is 0 Å². The Morgan fingerprint density at radius 1 is 0.305 bits per heavy atom. The number of hydrogen-bond donors (Lipinski definition) is 0. The van der Waals surface area contributed by atoms with Crippen molar-refractivity contribution in [3.05, 3.63) is 222 Å². The Morgan fingerprint density at radius 2 is 0.729 bits per heavy atom. The molecule has 0 N–H and O–H groups in total. The minimum atomic E-state index is -0.177. The van der Waals surface area contributed by atoms with E-state index in [9.17, 15) is 0 Å². The molecule has 0 heterocycles. The van der Waals surface area contributed by atoms with Crippen LogP contribution >= 0.6 is 0 Å². The van der Waals surface area contributed by atoms with Gasteiger partial charge >= 0.3 is 0 Å². The van der Waals surface area contributed by atoms with E-state index in [0.717, 1.165) is 11.4 Å². The molecule has 0 aromatic heterocycles. The lowest BCUT2D eigenvalue weighted by atomic mass is 9.79. The molecule has 0 atom stereocenters. The number of fused-ring (bicyclic) bond motifs is 8. The largest absolute Gasteiger partial charge is 0.310 e. The molecule has 0 unspecified atom stereocenters. The van der Waals surface area contributed by atoms with E-state index < -0.39 is 0 Å². The van der Waals surface area contributed by atoms with Gasteiger partial charge in [0, 0.05) is 27.6 Å². The second-order valence-electron chi connectivity index (χ2n) is 17.3. The van der Waals surface area contributed by atoms with E-state index in [-0.39, 0.29) is 10.8 Å². The highest BCUT2D eigenvalue weighted by Gasteiger charge is 2.39. The van der Waals surface area contributed by atoms with Crippen molar-refractivity contribution in [1.82, 2.24) is 0 Å². The zero-order chi connectivity index (χ0) is 39.9. The smallest absolute Gasteiger partial charge is 0.0546 e. The highest BCUT2D eigenvalue weighted by Crippen LogP contribution is 2.55. The number of benzene rings is 9. The third-order valence-corrected chi connectivity index (χ3v) is 13.3. The van der Waals surface area contributed by atoms with Crippen molar-refractivity contribution >= 4 is 27.8 Å². The first-order chi connectivity index (χ1) is 28.8. The molecule has 1 heteroatoms. The Balaban J connectivity index is 1.07. The molecule has 0 spiro atoms. The topological polar surface area (TPSA) is 3.24 Å². The molecule has 59 heavy (non-hydrogen) atoms. The van der Waals surface area contributed by atoms with Crippen molar-refractivity contribution in [2.45, 2.75) is 38.5 Å². The highest BCUT2D eigenvalue weighted by atomic mass is 15.1. The lowest BCUT2D eigenvalue weighted by molar-refractivity contribution is 0.660. The summed E-state index contributed by atoms with van der Waals surface area (Å²) in [5.41, 5.74) is 21.5. The van der Waals surface area contributed by atoms with Crippen molar-refractivity contribution in [2.75, 3.05) is 4.90 Å². The molecule has 11 rings (SSSR count). The van der Waals surface area contributed by atoms with Crippen LogP contribution in [-0.2, 0) is 10.8 Å². The molecule has 0 bridgehead atoms. The minimum absolute atomic E-state index is 0.0461. The third kappa shape index (κ3) is 5.53. The summed E-state index contributed by atoms with van der Waals surface area (Å²) in [6, 6.07) is 74.2. The minimum Gasteiger partial charge on any atom is -0.310 e. The second-order valence-corrected chi connectivity index (χ2v) is 17.3. The zero-order valence-electron chi connectivity index (χ0n) is 34.0. The summed E-state index contributed by atoms with van der Waals surface area (Å²) in [5.74, 6) is 0. The Morgan fingerprint density at radius 3 is 1.34 bits per heavy atom. The van der Waals surface area contributed by atoms with Gasteiger partial charge in [0.05, 0.1) is 5.69 Å². The first-order valence-corrected chi connectivity index (χ1v) is 20.8. The molecular formula is C58H45N. The molecule has 0 fully saturated rings. The summed E-state index contributed by atoms with van der Waals surface area (Å²) in [7, 11) is 0. The van der Waals surface area contributed by atoms with Crippen LogP contribution in [0.15, 0.2) is 200 Å². The number of rotatable bonds is 6. The fourth-order valence-corrected chi connectivity index (χ4v) is 10.2. The maximum atomic E-state index is 2.47. The normalized spacial score (nSPS) is 14.0. The fraction of sp³-hybridized carbons (Fsp3) is 0.103. The summed E-state index contributed by atoms with van der Waals surface area (Å²) >= 11 is 0. The predicted octanol–water partition coefficient (Wildman–Crippen LogP) is 15.9. The van der Waals surface area contributed by atoms with Gasteiger partial charge in [0.15, 0.2) is 0 Å². The van der Waals surface area contributed by atoms with Crippen LogP contribution in [0.4, 0.5) is 17.1 Å². The molecule has 0 saturated heterocycles. The van der Waals surface area contributed by atoms with Gasteiger partial charge in [0.25, 0.3) is 0 Å². The number of anilines is 3. The van der Waals surface area contributed by atoms with Crippen LogP contribution in [0.2, 0.25) is 0 Å². The summed E-state index contributed by atoms with van der Waals surface area (Å²) in [4.78, 5) is 2.47. The molecule has 2 aliphatic rings. The fourth-order valence-electron chi connectivity index (χ4n) is 10.2. The molecule has 9 aromatic rings. The standard InChI is InChI=1S/C58H45N/c1-57(2)52-22-14-13-19-46(52)47-33-27-43(35-53(47)57)41-25-31-45(32-26-41)59(44-29-23-40(24-30-44)38-15-7-5-8-16-38)55-37-51-48-34-28-42(39-17-9-6-10-18-39)36-54(48)58(3,4)56(51)50-21-12-11-20-49(50)55/h5-37H,1-4H3. The molecule has 0 amide bonds. The van der Waals surface area contributed by atoms with Crippen LogP contribution in [0.1, 0.15) is 49.9 Å². The molecule has 0 aliphatic heterocycles. The molecule has 282 valence electrons. The van der Waals surface area contributed by atoms with Gasteiger partial charge in [-0.2, -0.15) is 0 Å². The zero-order valence-corrected chi connectivity index (χ0v) is 34.0. The predicted molar refractivity (Wildman–Crippen MR) is 250 cm³/mol. The summed E-state index contributed by atoms with van der Waals surface area (Å²) in [6.07, 6.45) is 0. The average Bonchev–Trinajstić information content (AvgIpc) is 3.66. The van der Waals surface area contributed by atoms with Gasteiger partial charge in [-0.05, 0) is 126 Å². The maximum Gasteiger partial charge on any atom is 0.0546 e. The van der Waals surface area contributed by atoms with E-state index >= 15 is 0 Å². The van der Waals surface area contributed by atoms with Crippen molar-refractivity contribution in [3.63, 3.8) is 0 Å². The van der Waals surface area contributed by atoms with Crippen LogP contribution in [-0.4, -0.2) is 0 Å². The number of hydrogen-bond acceptors (Lipinski definition) is 1. The Kier molecular flexibility index (Phi) is 7.94. The van der Waals surface area contributed by atoms with E-state index in [1.54, 1.807) is 0 Å². The quantitative estimate of drug-likeness (QED) is 0.163. The van der Waals surface area contributed by atoms with E-state index in [1.807, 2.05) is 0 Å². The Hall–Kier alpha value is -6.96. The highest BCUT2D eigenvalue weighted by molar-refractivity contribution is 6.07. The lowest BCUT2D eigenvalue weighted by Gasteiger charge is -2.30. The van der Waals surface area contributed by atoms with Gasteiger partial charge in [-0.25, -0.2) is 0 Å². The number of nitrogens with zero attached hydrogens (tertiary/aromatic N) is 1. The molecule has 2 aliphatic carbocycles. The van der Waals surface area contributed by atoms with E-state index in [4.69, 9.17) is 0 Å². The van der Waals surface area contributed by atoms with Crippen molar-refractivity contribution in [3.8, 4) is 55.6 Å². The SMILES string of the molecule is CC1(C)c2ccccc2-c2ccc(-c3ccc(N(c4ccc(-c5ccccc5)cc4)c4cc5c(c6ccccc46)C(C)(C)c4cc(-c6ccccc6)ccc4-5)cc3)cc21. The van der Waals surface area contributed by atoms with Crippen LogP contribution in [0.25, 0.3) is 66.4 Å². The van der Waals surface area contributed by atoms with Crippen molar-refractivity contribution in [1.29, 1.82) is 0 Å². The van der Waals surface area contributed by atoms with Gasteiger partial charge in [0.1, 0.15) is 0 Å². The first-order valence-electron chi connectivity index (χ1n) is 20.8. The molecule has 9 aromatic carbocycles. The maximum absolute atomic E-state index is 2.47. The molecule has 1 nitrogen and oxygen atoms in total. The summed E-state index contributed by atoms with van der Waals surface area (Å²) in [6.45, 7) is 9.51. The third-order valence-electron chi connectivity index (χ3n) is 13.3. The van der Waals surface area contributed by atoms with E-state index in [2.05, 4.69) is 233 Å². The summed E-state index contributed by atoms with van der Waals surface area (Å²) < 4.78 is 0. The average molecular weight is 756 g/mol. The Labute approximate surface area is 347 Å². The van der Waals surface area contributed by atoms with E-state index in [1.165, 1.54) is 94.3 Å². The van der Waals surface area contributed by atoms with Gasteiger partial charge < -0.3 is 4.90 Å². The Bertz CT molecular complexity index is 3060.